The van der Waals surface area contributed by atoms with E-state index in [1.165, 1.54) is 0 Å². The minimum atomic E-state index is 0. The van der Waals surface area contributed by atoms with Gasteiger partial charge in [-0.1, -0.05) is 18.2 Å². The Morgan fingerprint density at radius 2 is 1.36 bits per heavy atom. The fraction of sp³-hybridized carbons (Fsp3) is 0. The molecule has 0 atom stereocenters. The van der Waals surface area contributed by atoms with E-state index < -0.39 is 0 Å². The van der Waals surface area contributed by atoms with Crippen LogP contribution in [-0.4, -0.2) is 15.3 Å². The van der Waals surface area contributed by atoms with Crippen molar-refractivity contribution in [3.63, 3.8) is 0 Å². The van der Waals surface area contributed by atoms with Crippen LogP contribution in [-0.2, 0) is 0 Å². The van der Waals surface area contributed by atoms with Gasteiger partial charge in [0.1, 0.15) is 5.75 Å². The topological polar surface area (TPSA) is 60.7 Å². The average Bonchev–Trinajstić information content (AvgIpc) is 1.91. The van der Waals surface area contributed by atoms with Gasteiger partial charge in [0, 0.05) is 0 Å². The number of aliphatic hydroxyl groups excluding tert-OH is 1. The molecule has 3 N–H and O–H groups in total. The first-order chi connectivity index (χ1) is 4.81. The molecule has 11 heavy (non-hydrogen) atoms. The Balaban J connectivity index is 0. The molecule has 0 saturated heterocycles. The van der Waals surface area contributed by atoms with Crippen molar-refractivity contribution in [2.75, 3.05) is 0 Å². The number of para-hydroxylation sites is 1. The van der Waals surface area contributed by atoms with Crippen LogP contribution in [0.1, 0.15) is 0 Å². The Hall–Kier alpha value is -0.0600. The minimum absolute atomic E-state index is 0. The molecule has 0 unspecified atom stereocenters. The quantitative estimate of drug-likeness (QED) is 0.314. The number of hydrogen-bond acceptors (Lipinski definition) is 3. The van der Waals surface area contributed by atoms with Crippen LogP contribution in [0.3, 0.4) is 0 Å². The van der Waals surface area contributed by atoms with Gasteiger partial charge in [-0.2, -0.15) is 0 Å². The third-order valence-electron chi connectivity index (χ3n) is 0.756. The van der Waals surface area contributed by atoms with Gasteiger partial charge in [0.25, 0.3) is 0 Å². The normalized spacial score (nSPS) is 7.09. The third-order valence-corrected chi connectivity index (χ3v) is 0.756. The van der Waals surface area contributed by atoms with Gasteiger partial charge in [-0.15, -0.1) is 6.79 Å². The largest absolute Gasteiger partial charge is 1.00 e. The molecule has 3 nitrogen and oxygen atoms in total. The first-order valence-corrected chi connectivity index (χ1v) is 2.65. The first kappa shape index (κ1) is 13.5. The van der Waals surface area contributed by atoms with Gasteiger partial charge in [0.05, 0.1) is 0 Å². The molecule has 56 valence electrons. The van der Waals surface area contributed by atoms with Crippen molar-refractivity contribution in [1.82, 2.24) is 0 Å². The van der Waals surface area contributed by atoms with Crippen LogP contribution in [0.15, 0.2) is 30.3 Å². The second kappa shape index (κ2) is 9.94. The molecule has 0 fully saturated rings. The number of phenols is 1. The average molecular weight is 164 g/mol. The molecule has 0 saturated carbocycles. The maximum atomic E-state index is 8.63. The van der Waals surface area contributed by atoms with E-state index in [0.29, 0.717) is 5.75 Å². The van der Waals surface area contributed by atoms with Crippen molar-refractivity contribution in [2.45, 2.75) is 0 Å². The summed E-state index contributed by atoms with van der Waals surface area (Å²) in [7, 11) is 0. The van der Waals surface area contributed by atoms with E-state index in [4.69, 9.17) is 15.3 Å². The Kier molecular flexibility index (Phi) is 12.2. The molecule has 0 radical (unpaired) electrons. The Labute approximate surface area is 87.6 Å². The number of phenolic OH excluding ortho intramolecular Hbond substituents is 1. The van der Waals surface area contributed by atoms with E-state index in [1.54, 1.807) is 24.3 Å². The third kappa shape index (κ3) is 9.94. The number of rotatable bonds is 0. The number of aliphatic hydroxyl groups is 2. The summed E-state index contributed by atoms with van der Waals surface area (Å²) in [6.45, 7) is 0. The molecule has 0 heterocycles. The Bertz CT molecular complexity index is 155. The number of aromatic hydroxyl groups is 1. The van der Waals surface area contributed by atoms with E-state index in [9.17, 15) is 0 Å². The van der Waals surface area contributed by atoms with Crippen LogP contribution in [0.25, 0.3) is 0 Å². The van der Waals surface area contributed by atoms with Gasteiger partial charge in [0.2, 0.25) is 0 Å². The summed E-state index contributed by atoms with van der Waals surface area (Å²) in [5.74, 6) is 0.322. The van der Waals surface area contributed by atoms with Crippen molar-refractivity contribution >= 4 is 0 Å². The fourth-order valence-corrected chi connectivity index (χ4v) is 0.428. The summed E-state index contributed by atoms with van der Waals surface area (Å²) >= 11 is 0. The van der Waals surface area contributed by atoms with Crippen LogP contribution < -0.4 is 29.6 Å². The summed E-state index contributed by atoms with van der Waals surface area (Å²) in [5, 5.41) is 22.6. The summed E-state index contributed by atoms with van der Waals surface area (Å²) in [6.07, 6.45) is 0. The molecule has 1 aromatic carbocycles. The predicted molar refractivity (Wildman–Crippen MR) is 36.3 cm³/mol. The standard InChI is InChI=1S/C6H6O.CH3O2.Na/c7-6-4-2-1-3-5-6;2-1-3;/h1-5,7H;1-3H;/q;-1;+1. The van der Waals surface area contributed by atoms with E-state index in [1.807, 2.05) is 6.07 Å². The fourth-order valence-electron chi connectivity index (χ4n) is 0.428. The summed E-state index contributed by atoms with van der Waals surface area (Å²) < 4.78 is 0. The van der Waals surface area contributed by atoms with E-state index in [2.05, 4.69) is 0 Å². The second-order valence-corrected chi connectivity index (χ2v) is 1.45. The maximum absolute atomic E-state index is 8.63. The molecular formula is C7H9NaO3. The molecule has 1 rings (SSSR count). The minimum Gasteiger partial charge on any atom is -0.539 e. The van der Waals surface area contributed by atoms with Crippen LogP contribution >= 0.6 is 0 Å². The van der Waals surface area contributed by atoms with Gasteiger partial charge < -0.3 is 15.3 Å². The van der Waals surface area contributed by atoms with Gasteiger partial charge in [-0.05, 0) is 12.1 Å². The molecule has 1 aromatic rings. The zero-order valence-electron chi connectivity index (χ0n) is 6.31. The van der Waals surface area contributed by atoms with Crippen molar-refractivity contribution in [1.29, 1.82) is 0 Å². The SMILES string of the molecule is O[CH-]O.Oc1ccccc1.[Na+]. The summed E-state index contributed by atoms with van der Waals surface area (Å²) in [4.78, 5) is 0. The molecule has 0 spiro atoms. The Morgan fingerprint density at radius 1 is 1.00 bits per heavy atom. The molecule has 0 aliphatic heterocycles. The van der Waals surface area contributed by atoms with Crippen molar-refractivity contribution < 1.29 is 44.9 Å². The van der Waals surface area contributed by atoms with E-state index >= 15 is 0 Å². The van der Waals surface area contributed by atoms with Gasteiger partial charge in [-0.3, -0.25) is 0 Å². The van der Waals surface area contributed by atoms with E-state index in [0.717, 1.165) is 0 Å². The van der Waals surface area contributed by atoms with Crippen molar-refractivity contribution in [3.05, 3.63) is 37.1 Å². The van der Waals surface area contributed by atoms with Crippen molar-refractivity contribution in [3.8, 4) is 5.75 Å². The van der Waals surface area contributed by atoms with Gasteiger partial charge >= 0.3 is 29.6 Å². The monoisotopic (exact) mass is 164 g/mol. The Morgan fingerprint density at radius 3 is 1.55 bits per heavy atom. The maximum Gasteiger partial charge on any atom is 1.00 e. The molecule has 4 heteroatoms. The van der Waals surface area contributed by atoms with Crippen LogP contribution in [0, 0.1) is 6.79 Å². The molecule has 0 aliphatic carbocycles. The number of hydrogen-bond donors (Lipinski definition) is 3. The molecule has 0 aliphatic rings. The van der Waals surface area contributed by atoms with E-state index in [-0.39, 0.29) is 36.4 Å². The van der Waals surface area contributed by atoms with Gasteiger partial charge in [-0.25, -0.2) is 0 Å². The smallest absolute Gasteiger partial charge is 0.539 e. The second-order valence-electron chi connectivity index (χ2n) is 1.45. The molecular weight excluding hydrogens is 155 g/mol. The molecule has 0 amide bonds. The molecule has 0 bridgehead atoms. The van der Waals surface area contributed by atoms with Crippen LogP contribution in [0.4, 0.5) is 0 Å². The van der Waals surface area contributed by atoms with Crippen LogP contribution in [0.2, 0.25) is 0 Å². The zero-order chi connectivity index (χ0) is 7.82. The summed E-state index contributed by atoms with van der Waals surface area (Å²) in [5.41, 5.74) is 0. The van der Waals surface area contributed by atoms with Gasteiger partial charge in [0.15, 0.2) is 0 Å². The summed E-state index contributed by atoms with van der Waals surface area (Å²) in [6, 6.07) is 8.71. The van der Waals surface area contributed by atoms with Crippen LogP contribution in [0.5, 0.6) is 5.75 Å². The van der Waals surface area contributed by atoms with Crippen molar-refractivity contribution in [2.24, 2.45) is 0 Å². The predicted octanol–water partition coefficient (Wildman–Crippen LogP) is -1.75. The first-order valence-electron chi connectivity index (χ1n) is 2.65. The number of benzene rings is 1. The zero-order valence-corrected chi connectivity index (χ0v) is 8.31. The molecule has 0 aromatic heterocycles.